The molecule has 1 aromatic heterocycles. The number of aryl methyl sites for hydroxylation is 1. The van der Waals surface area contributed by atoms with Gasteiger partial charge in [-0.3, -0.25) is 0 Å². The summed E-state index contributed by atoms with van der Waals surface area (Å²) in [5.41, 5.74) is 5.95. The molecule has 1 nitrogen and oxygen atoms in total. The van der Waals surface area contributed by atoms with E-state index in [0.717, 1.165) is 29.1 Å². The minimum absolute atomic E-state index is 0.881. The summed E-state index contributed by atoms with van der Waals surface area (Å²) >= 11 is 0. The van der Waals surface area contributed by atoms with Gasteiger partial charge in [0, 0.05) is 5.56 Å². The van der Waals surface area contributed by atoms with E-state index in [0.29, 0.717) is 0 Å². The van der Waals surface area contributed by atoms with Crippen LogP contribution in [-0.2, 0) is 6.42 Å². The fraction of sp³-hybridized carbons (Fsp3) is 0.148. The molecule has 0 fully saturated rings. The Labute approximate surface area is 167 Å². The highest BCUT2D eigenvalue weighted by Crippen LogP contribution is 2.33. The van der Waals surface area contributed by atoms with E-state index < -0.39 is 0 Å². The van der Waals surface area contributed by atoms with E-state index in [4.69, 9.17) is 4.42 Å². The molecule has 0 aliphatic carbocycles. The lowest BCUT2D eigenvalue weighted by molar-refractivity contribution is 0.582. The van der Waals surface area contributed by atoms with Crippen LogP contribution in [0.25, 0.3) is 33.8 Å². The van der Waals surface area contributed by atoms with E-state index in [2.05, 4.69) is 67.6 Å². The van der Waals surface area contributed by atoms with Crippen molar-refractivity contribution in [3.8, 4) is 33.8 Å². The highest BCUT2D eigenvalue weighted by molar-refractivity contribution is 5.74. The van der Waals surface area contributed by atoms with Crippen LogP contribution in [0.4, 0.5) is 0 Å². The second-order valence-corrected chi connectivity index (χ2v) is 7.11. The molecular weight excluding hydrogens is 340 g/mol. The van der Waals surface area contributed by atoms with Gasteiger partial charge in [-0.1, -0.05) is 74.0 Å². The van der Waals surface area contributed by atoms with E-state index in [9.17, 15) is 0 Å². The molecule has 0 spiro atoms. The highest BCUT2D eigenvalue weighted by atomic mass is 16.3. The van der Waals surface area contributed by atoms with Crippen LogP contribution >= 0.6 is 0 Å². The molecule has 0 saturated carbocycles. The molecule has 0 saturated heterocycles. The zero-order valence-corrected chi connectivity index (χ0v) is 16.3. The number of unbranched alkanes of at least 4 members (excludes halogenated alkanes) is 1. The molecule has 4 rings (SSSR count). The standard InChI is InChI=1S/C27H25O/c1-2-3-10-21-15-17-22(18-16-21)25-19-26(23-11-6-4-7-12-23)28-27(20-25)24-13-8-5-9-14-24/h4-9,11-20H,2-3,10H2,1H3/q+1. The third-order valence-corrected chi connectivity index (χ3v) is 5.02. The van der Waals surface area contributed by atoms with Crippen LogP contribution in [0.2, 0.25) is 0 Å². The lowest BCUT2D eigenvalue weighted by Gasteiger charge is -2.05. The van der Waals surface area contributed by atoms with Crippen LogP contribution in [0, 0.1) is 0 Å². The fourth-order valence-electron chi connectivity index (χ4n) is 3.40. The summed E-state index contributed by atoms with van der Waals surface area (Å²) in [7, 11) is 0. The van der Waals surface area contributed by atoms with Crippen molar-refractivity contribution in [2.45, 2.75) is 26.2 Å². The summed E-state index contributed by atoms with van der Waals surface area (Å²) in [6.45, 7) is 2.23. The Hall–Kier alpha value is -3.19. The van der Waals surface area contributed by atoms with E-state index in [-0.39, 0.29) is 0 Å². The Bertz CT molecular complexity index is 961. The van der Waals surface area contributed by atoms with Crippen molar-refractivity contribution in [3.05, 3.63) is 103 Å². The third kappa shape index (κ3) is 4.20. The number of hydrogen-bond acceptors (Lipinski definition) is 0. The maximum atomic E-state index is 6.29. The Morgan fingerprint density at radius 2 is 1.11 bits per heavy atom. The molecule has 0 bridgehead atoms. The molecule has 138 valence electrons. The summed E-state index contributed by atoms with van der Waals surface area (Å²) in [5, 5.41) is 0. The molecule has 1 heterocycles. The first-order valence-corrected chi connectivity index (χ1v) is 10.0. The number of rotatable bonds is 6. The van der Waals surface area contributed by atoms with Crippen molar-refractivity contribution < 1.29 is 4.42 Å². The zero-order valence-electron chi connectivity index (χ0n) is 16.3. The predicted octanol–water partition coefficient (Wildman–Crippen LogP) is 7.90. The highest BCUT2D eigenvalue weighted by Gasteiger charge is 2.20. The monoisotopic (exact) mass is 365 g/mol. The van der Waals surface area contributed by atoms with Crippen LogP contribution < -0.4 is 0 Å². The quantitative estimate of drug-likeness (QED) is 0.316. The van der Waals surface area contributed by atoms with Crippen LogP contribution in [0.3, 0.4) is 0 Å². The smallest absolute Gasteiger partial charge is 0.207 e. The van der Waals surface area contributed by atoms with Crippen molar-refractivity contribution in [2.24, 2.45) is 0 Å². The van der Waals surface area contributed by atoms with Gasteiger partial charge in [-0.05, 0) is 48.2 Å². The zero-order chi connectivity index (χ0) is 19.2. The van der Waals surface area contributed by atoms with Gasteiger partial charge in [0.05, 0.1) is 23.3 Å². The fourth-order valence-corrected chi connectivity index (χ4v) is 3.40. The first-order valence-electron chi connectivity index (χ1n) is 10.0. The van der Waals surface area contributed by atoms with Gasteiger partial charge < -0.3 is 0 Å². The normalized spacial score (nSPS) is 10.8. The first-order chi connectivity index (χ1) is 13.8. The lowest BCUT2D eigenvalue weighted by Crippen LogP contribution is -1.88. The SMILES string of the molecule is CCCCc1ccc(-c2cc(-c3ccccc3)[o+]c(-c3ccccc3)c2)cc1. The van der Waals surface area contributed by atoms with Gasteiger partial charge in [-0.2, -0.15) is 0 Å². The molecule has 28 heavy (non-hydrogen) atoms. The van der Waals surface area contributed by atoms with Gasteiger partial charge >= 0.3 is 11.5 Å². The Morgan fingerprint density at radius 1 is 0.571 bits per heavy atom. The van der Waals surface area contributed by atoms with Gasteiger partial charge in [0.15, 0.2) is 0 Å². The Kier molecular flexibility index (Phi) is 5.63. The molecule has 1 heteroatoms. The summed E-state index contributed by atoms with van der Waals surface area (Å²) in [6, 6.07) is 33.8. The van der Waals surface area contributed by atoms with E-state index in [1.165, 1.54) is 29.5 Å². The lowest BCUT2D eigenvalue weighted by atomic mass is 9.99. The van der Waals surface area contributed by atoms with Crippen LogP contribution in [0.1, 0.15) is 25.3 Å². The van der Waals surface area contributed by atoms with Crippen molar-refractivity contribution in [3.63, 3.8) is 0 Å². The maximum Gasteiger partial charge on any atom is 0.361 e. The second kappa shape index (κ2) is 8.67. The van der Waals surface area contributed by atoms with Crippen LogP contribution in [-0.4, -0.2) is 0 Å². The predicted molar refractivity (Wildman–Crippen MR) is 118 cm³/mol. The Morgan fingerprint density at radius 3 is 1.61 bits per heavy atom. The maximum absolute atomic E-state index is 6.29. The average Bonchev–Trinajstić information content (AvgIpc) is 2.79. The van der Waals surface area contributed by atoms with E-state index in [1.807, 2.05) is 36.4 Å². The molecule has 0 aliphatic rings. The van der Waals surface area contributed by atoms with Crippen LogP contribution in [0.15, 0.2) is 101 Å². The largest absolute Gasteiger partial charge is 0.361 e. The van der Waals surface area contributed by atoms with E-state index >= 15 is 0 Å². The van der Waals surface area contributed by atoms with Crippen LogP contribution in [0.5, 0.6) is 0 Å². The summed E-state index contributed by atoms with van der Waals surface area (Å²) in [4.78, 5) is 0. The topological polar surface area (TPSA) is 11.3 Å². The minimum Gasteiger partial charge on any atom is -0.207 e. The second-order valence-electron chi connectivity index (χ2n) is 7.11. The van der Waals surface area contributed by atoms with Gasteiger partial charge in [0.1, 0.15) is 0 Å². The molecule has 0 N–H and O–H groups in total. The van der Waals surface area contributed by atoms with Gasteiger partial charge in [-0.15, -0.1) is 0 Å². The first kappa shape index (κ1) is 18.2. The molecular formula is C27H25O+. The van der Waals surface area contributed by atoms with Gasteiger partial charge in [0.2, 0.25) is 0 Å². The molecule has 0 aliphatic heterocycles. The molecule has 0 atom stereocenters. The summed E-state index contributed by atoms with van der Waals surface area (Å²) in [6.07, 6.45) is 3.61. The average molecular weight is 365 g/mol. The van der Waals surface area contributed by atoms with Crippen molar-refractivity contribution in [1.82, 2.24) is 0 Å². The summed E-state index contributed by atoms with van der Waals surface area (Å²) in [5.74, 6) is 1.76. The molecule has 0 amide bonds. The van der Waals surface area contributed by atoms with Crippen molar-refractivity contribution >= 4 is 0 Å². The third-order valence-electron chi connectivity index (χ3n) is 5.02. The van der Waals surface area contributed by atoms with Crippen molar-refractivity contribution in [1.29, 1.82) is 0 Å². The molecule has 3 aromatic carbocycles. The molecule has 4 aromatic rings. The molecule has 0 unspecified atom stereocenters. The van der Waals surface area contributed by atoms with Crippen molar-refractivity contribution in [2.75, 3.05) is 0 Å². The van der Waals surface area contributed by atoms with E-state index in [1.54, 1.807) is 0 Å². The summed E-state index contributed by atoms with van der Waals surface area (Å²) < 4.78 is 6.29. The van der Waals surface area contributed by atoms with Gasteiger partial charge in [-0.25, -0.2) is 4.42 Å². The number of hydrogen-bond donors (Lipinski definition) is 0. The molecule has 0 radical (unpaired) electrons. The minimum atomic E-state index is 0.881. The van der Waals surface area contributed by atoms with Gasteiger partial charge in [0.25, 0.3) is 0 Å². The number of benzene rings is 3. The Balaban J connectivity index is 1.78.